The Morgan fingerprint density at radius 3 is 2.10 bits per heavy atom. The summed E-state index contributed by atoms with van der Waals surface area (Å²) in [5.41, 5.74) is 1.40. The van der Waals surface area contributed by atoms with E-state index in [1.165, 1.54) is 6.07 Å². The van der Waals surface area contributed by atoms with Crippen molar-refractivity contribution in [3.05, 3.63) is 65.5 Å². The van der Waals surface area contributed by atoms with E-state index < -0.39 is 0 Å². The Morgan fingerprint density at radius 1 is 0.950 bits per heavy atom. The standard InChI is InChI=1S/C16H15Br2FO/c17-10-16(11-18,14-3-1-2-4-15(14)19)9-12-5-7-13(20)8-6-12/h1-8,20H,9-11H2. The maximum absolute atomic E-state index is 14.1. The highest BCUT2D eigenvalue weighted by atomic mass is 79.9. The van der Waals surface area contributed by atoms with Crippen molar-refractivity contribution in [3.8, 4) is 5.75 Å². The van der Waals surface area contributed by atoms with Crippen LogP contribution in [0.3, 0.4) is 0 Å². The summed E-state index contributed by atoms with van der Waals surface area (Å²) < 4.78 is 14.1. The molecule has 1 nitrogen and oxygen atoms in total. The minimum Gasteiger partial charge on any atom is -0.508 e. The molecular formula is C16H15Br2FO. The van der Waals surface area contributed by atoms with Gasteiger partial charge in [-0.05, 0) is 35.7 Å². The van der Waals surface area contributed by atoms with E-state index >= 15 is 0 Å². The highest BCUT2D eigenvalue weighted by molar-refractivity contribution is 9.09. The number of phenols is 1. The summed E-state index contributed by atoms with van der Waals surface area (Å²) in [7, 11) is 0. The monoisotopic (exact) mass is 400 g/mol. The van der Waals surface area contributed by atoms with Gasteiger partial charge in [0.05, 0.1) is 0 Å². The van der Waals surface area contributed by atoms with Crippen molar-refractivity contribution < 1.29 is 9.50 Å². The normalized spacial score (nSPS) is 11.6. The molecule has 2 aromatic carbocycles. The first kappa shape index (κ1) is 15.5. The molecule has 0 spiro atoms. The summed E-state index contributed by atoms with van der Waals surface area (Å²) in [6.45, 7) is 0. The van der Waals surface area contributed by atoms with Crippen LogP contribution < -0.4 is 0 Å². The van der Waals surface area contributed by atoms with Crippen LogP contribution in [-0.4, -0.2) is 15.8 Å². The molecule has 4 heteroatoms. The predicted octanol–water partition coefficient (Wildman–Crippen LogP) is 4.80. The summed E-state index contributed by atoms with van der Waals surface area (Å²) in [6, 6.07) is 13.9. The molecule has 0 saturated carbocycles. The number of phenolic OH excluding ortho intramolecular Hbond substituents is 1. The molecule has 0 amide bonds. The van der Waals surface area contributed by atoms with E-state index in [0.29, 0.717) is 22.6 Å². The minimum absolute atomic E-state index is 0.190. The fraction of sp³-hybridized carbons (Fsp3) is 0.250. The fourth-order valence-electron chi connectivity index (χ4n) is 2.27. The van der Waals surface area contributed by atoms with Gasteiger partial charge in [0.25, 0.3) is 0 Å². The summed E-state index contributed by atoms with van der Waals surface area (Å²) in [5, 5.41) is 10.6. The molecule has 0 saturated heterocycles. The lowest BCUT2D eigenvalue weighted by molar-refractivity contribution is 0.473. The van der Waals surface area contributed by atoms with Crippen LogP contribution in [0.1, 0.15) is 11.1 Å². The molecule has 2 aromatic rings. The first-order chi connectivity index (χ1) is 9.61. The summed E-state index contributed by atoms with van der Waals surface area (Å²) in [5.74, 6) is 0.0492. The molecule has 0 aliphatic heterocycles. The first-order valence-corrected chi connectivity index (χ1v) is 8.50. The van der Waals surface area contributed by atoms with E-state index in [1.807, 2.05) is 24.3 Å². The second-order valence-corrected chi connectivity index (χ2v) is 5.99. The Kier molecular flexibility index (Phi) is 5.22. The molecular weight excluding hydrogens is 387 g/mol. The molecule has 0 aliphatic carbocycles. The van der Waals surface area contributed by atoms with E-state index in [1.54, 1.807) is 18.2 Å². The van der Waals surface area contributed by atoms with Gasteiger partial charge in [0, 0.05) is 16.1 Å². The number of rotatable bonds is 5. The van der Waals surface area contributed by atoms with Crippen LogP contribution in [0.4, 0.5) is 4.39 Å². The molecule has 0 fully saturated rings. The third-order valence-electron chi connectivity index (χ3n) is 3.44. The molecule has 0 atom stereocenters. The molecule has 0 aromatic heterocycles. The van der Waals surface area contributed by atoms with Crippen LogP contribution >= 0.6 is 31.9 Å². The van der Waals surface area contributed by atoms with Crippen LogP contribution in [-0.2, 0) is 11.8 Å². The van der Waals surface area contributed by atoms with Gasteiger partial charge in [-0.25, -0.2) is 4.39 Å². The zero-order valence-corrected chi connectivity index (χ0v) is 14.0. The molecule has 0 unspecified atom stereocenters. The van der Waals surface area contributed by atoms with E-state index in [9.17, 15) is 9.50 Å². The maximum Gasteiger partial charge on any atom is 0.127 e. The maximum atomic E-state index is 14.1. The van der Waals surface area contributed by atoms with Crippen molar-refractivity contribution in [1.29, 1.82) is 0 Å². The van der Waals surface area contributed by atoms with Gasteiger partial charge in [0.1, 0.15) is 11.6 Å². The van der Waals surface area contributed by atoms with Crippen molar-refractivity contribution in [2.45, 2.75) is 11.8 Å². The molecule has 1 N–H and O–H groups in total. The van der Waals surface area contributed by atoms with Gasteiger partial charge in [0.2, 0.25) is 0 Å². The topological polar surface area (TPSA) is 20.2 Å². The predicted molar refractivity (Wildman–Crippen MR) is 87.5 cm³/mol. The number of aromatic hydroxyl groups is 1. The van der Waals surface area contributed by atoms with Gasteiger partial charge in [-0.2, -0.15) is 0 Å². The highest BCUT2D eigenvalue weighted by Gasteiger charge is 2.32. The van der Waals surface area contributed by atoms with Gasteiger partial charge < -0.3 is 5.11 Å². The van der Waals surface area contributed by atoms with Crippen LogP contribution in [0.5, 0.6) is 5.75 Å². The van der Waals surface area contributed by atoms with Crippen molar-refractivity contribution >= 4 is 31.9 Å². The van der Waals surface area contributed by atoms with Gasteiger partial charge >= 0.3 is 0 Å². The lowest BCUT2D eigenvalue weighted by atomic mass is 9.79. The second kappa shape index (κ2) is 6.72. The van der Waals surface area contributed by atoms with Gasteiger partial charge in [0.15, 0.2) is 0 Å². The third-order valence-corrected chi connectivity index (χ3v) is 5.58. The van der Waals surface area contributed by atoms with Crippen molar-refractivity contribution in [1.82, 2.24) is 0 Å². The Bertz CT molecular complexity index is 565. The average molecular weight is 402 g/mol. The quantitative estimate of drug-likeness (QED) is 0.713. The molecule has 2 rings (SSSR count). The molecule has 0 radical (unpaired) electrons. The van der Waals surface area contributed by atoms with Crippen LogP contribution in [0.15, 0.2) is 48.5 Å². The van der Waals surface area contributed by atoms with E-state index in [0.717, 1.165) is 5.56 Å². The average Bonchev–Trinajstić information content (AvgIpc) is 2.48. The van der Waals surface area contributed by atoms with Crippen molar-refractivity contribution in [2.24, 2.45) is 0 Å². The fourth-order valence-corrected chi connectivity index (χ4v) is 4.19. The SMILES string of the molecule is Oc1ccc(CC(CBr)(CBr)c2ccccc2F)cc1. The van der Waals surface area contributed by atoms with Crippen LogP contribution in [0.25, 0.3) is 0 Å². The zero-order valence-electron chi connectivity index (χ0n) is 10.8. The van der Waals surface area contributed by atoms with Gasteiger partial charge in [-0.3, -0.25) is 0 Å². The number of alkyl halides is 2. The second-order valence-electron chi connectivity index (χ2n) is 4.87. The molecule has 106 valence electrons. The third kappa shape index (κ3) is 3.23. The van der Waals surface area contributed by atoms with Gasteiger partial charge in [-0.15, -0.1) is 0 Å². The number of hydrogen-bond acceptors (Lipinski definition) is 1. The van der Waals surface area contributed by atoms with E-state index in [4.69, 9.17) is 0 Å². The number of hydrogen-bond donors (Lipinski definition) is 1. The summed E-state index contributed by atoms with van der Waals surface area (Å²) in [4.78, 5) is 0. The minimum atomic E-state index is -0.359. The lowest BCUT2D eigenvalue weighted by Crippen LogP contribution is -2.34. The van der Waals surface area contributed by atoms with Crippen LogP contribution in [0.2, 0.25) is 0 Å². The molecule has 0 bridgehead atoms. The largest absolute Gasteiger partial charge is 0.508 e. The zero-order chi connectivity index (χ0) is 14.6. The summed E-state index contributed by atoms with van der Waals surface area (Å²) in [6.07, 6.45) is 0.685. The molecule has 20 heavy (non-hydrogen) atoms. The van der Waals surface area contributed by atoms with Crippen LogP contribution in [0, 0.1) is 5.82 Å². The van der Waals surface area contributed by atoms with Gasteiger partial charge in [-0.1, -0.05) is 62.2 Å². The van der Waals surface area contributed by atoms with Crippen molar-refractivity contribution in [2.75, 3.05) is 10.7 Å². The van der Waals surface area contributed by atoms with E-state index in [2.05, 4.69) is 31.9 Å². The van der Waals surface area contributed by atoms with Crippen molar-refractivity contribution in [3.63, 3.8) is 0 Å². The molecule has 0 heterocycles. The lowest BCUT2D eigenvalue weighted by Gasteiger charge is -2.31. The first-order valence-electron chi connectivity index (χ1n) is 6.26. The highest BCUT2D eigenvalue weighted by Crippen LogP contribution is 2.34. The smallest absolute Gasteiger partial charge is 0.127 e. The molecule has 0 aliphatic rings. The Labute approximate surface area is 135 Å². The van der Waals surface area contributed by atoms with E-state index in [-0.39, 0.29) is 17.0 Å². The Hall–Kier alpha value is -0.870. The Balaban J connectivity index is 2.39. The number of benzene rings is 2. The summed E-state index contributed by atoms with van der Waals surface area (Å²) >= 11 is 7.06. The Morgan fingerprint density at radius 2 is 1.55 bits per heavy atom. The number of halogens is 3.